The predicted octanol–water partition coefficient (Wildman–Crippen LogP) is 8.79. The molecular weight excluding hydrogens is 754 g/mol. The zero-order valence-corrected chi connectivity index (χ0v) is 34.2. The summed E-state index contributed by atoms with van der Waals surface area (Å²) in [6, 6.07) is 13.0. The van der Waals surface area contributed by atoms with Crippen LogP contribution in [-0.2, 0) is 9.59 Å². The molecule has 4 fully saturated rings. The van der Waals surface area contributed by atoms with Crippen LogP contribution in [0.5, 0.6) is 5.75 Å². The summed E-state index contributed by atoms with van der Waals surface area (Å²) >= 11 is 0. The van der Waals surface area contributed by atoms with Gasteiger partial charge in [0.25, 0.3) is 0 Å². The van der Waals surface area contributed by atoms with Gasteiger partial charge in [0, 0.05) is 76.6 Å². The molecule has 2 aliphatic heterocycles. The average Bonchev–Trinajstić information content (AvgIpc) is 3.77. The van der Waals surface area contributed by atoms with Gasteiger partial charge in [-0.2, -0.15) is 0 Å². The Bertz CT molecular complexity index is 1580. The average molecular weight is 817 g/mol. The molecule has 322 valence electrons. The summed E-state index contributed by atoms with van der Waals surface area (Å²) in [5.74, 6) is 2.01. The Kier molecular flexibility index (Phi) is 18.3. The first-order valence-electron chi connectivity index (χ1n) is 21.0. The molecule has 2 saturated carbocycles. The molecule has 2 aromatic rings. The van der Waals surface area contributed by atoms with Gasteiger partial charge in [-0.25, -0.2) is 9.59 Å². The smallest absolute Gasteiger partial charge is 0.465 e. The van der Waals surface area contributed by atoms with E-state index in [4.69, 9.17) is 10.8 Å². The number of nitrogen functional groups attached to an aromatic ring is 1. The van der Waals surface area contributed by atoms with E-state index in [0.717, 1.165) is 49.5 Å². The highest BCUT2D eigenvalue weighted by Gasteiger charge is 2.31. The molecule has 5 amide bonds. The lowest BCUT2D eigenvalue weighted by Gasteiger charge is -2.23. The number of alkyl halides is 3. The molecule has 2 heterocycles. The molecule has 0 aromatic heterocycles. The molecule has 4 N–H and O–H groups in total. The molecule has 6 rings (SSSR count). The van der Waals surface area contributed by atoms with Crippen molar-refractivity contribution in [3.8, 4) is 5.75 Å². The van der Waals surface area contributed by atoms with Gasteiger partial charge in [0.2, 0.25) is 11.8 Å². The minimum Gasteiger partial charge on any atom is -0.465 e. The molecule has 2 aliphatic carbocycles. The van der Waals surface area contributed by atoms with Crippen molar-refractivity contribution >= 4 is 35.3 Å². The summed E-state index contributed by atoms with van der Waals surface area (Å²) < 4.78 is 38.4. The zero-order chi connectivity index (χ0) is 42.1. The number of amides is 5. The maximum atomic E-state index is 12.6. The number of hydrogen-bond acceptors (Lipinski definition) is 6. The van der Waals surface area contributed by atoms with Crippen LogP contribution in [0.3, 0.4) is 0 Å². The fourth-order valence-corrected chi connectivity index (χ4v) is 7.93. The van der Waals surface area contributed by atoms with Crippen molar-refractivity contribution in [2.45, 2.75) is 110 Å². The number of benzene rings is 2. The quantitative estimate of drug-likeness (QED) is 0.226. The van der Waals surface area contributed by atoms with Crippen LogP contribution in [0.2, 0.25) is 0 Å². The highest BCUT2D eigenvalue weighted by atomic mass is 19.4. The number of ether oxygens (including phenoxy) is 1. The third-order valence-corrected chi connectivity index (χ3v) is 11.4. The van der Waals surface area contributed by atoms with E-state index in [1.807, 2.05) is 26.8 Å². The summed E-state index contributed by atoms with van der Waals surface area (Å²) in [7, 11) is 0. The zero-order valence-electron chi connectivity index (χ0n) is 34.2. The van der Waals surface area contributed by atoms with E-state index in [-0.39, 0.29) is 23.6 Å². The maximum Gasteiger partial charge on any atom is 0.573 e. The standard InChI is InChI=1S/C22H33N3O2.C14H24N2O3.C7H6F3NO/c1-17(2)19-8-10-20(11-9-19)23-22(27)25-13-5-12-24(14-15-25)21(26)16-18-6-3-4-7-18;17-13(7-6-12-4-1-2-5-12)15-8-3-9-16(11-10-15)14(18)19;8-7(9,10)12-6-3-1-5(11)2-4-6/h8-11,17-18H,3-7,12-16H2,1-2H3,(H,23,27);12H,1-11H2,(H,18,19);1-4H,11H2. The summed E-state index contributed by atoms with van der Waals surface area (Å²) in [4.78, 5) is 55.3. The van der Waals surface area contributed by atoms with E-state index in [0.29, 0.717) is 76.2 Å². The van der Waals surface area contributed by atoms with E-state index < -0.39 is 12.5 Å². The lowest BCUT2D eigenvalue weighted by molar-refractivity contribution is -0.274. The summed E-state index contributed by atoms with van der Waals surface area (Å²) in [6.45, 7) is 9.27. The van der Waals surface area contributed by atoms with E-state index in [9.17, 15) is 32.3 Å². The number of hydrogen-bond donors (Lipinski definition) is 3. The van der Waals surface area contributed by atoms with Crippen molar-refractivity contribution in [3.63, 3.8) is 0 Å². The Morgan fingerprint density at radius 2 is 1.21 bits per heavy atom. The van der Waals surface area contributed by atoms with Crippen LogP contribution in [0.1, 0.15) is 109 Å². The molecule has 0 bridgehead atoms. The van der Waals surface area contributed by atoms with E-state index in [2.05, 4.69) is 36.0 Å². The Morgan fingerprint density at radius 1 is 0.707 bits per heavy atom. The second-order valence-corrected chi connectivity index (χ2v) is 16.1. The number of carboxylic acid groups (broad SMARTS) is 1. The topological polar surface area (TPSA) is 149 Å². The van der Waals surface area contributed by atoms with Crippen molar-refractivity contribution in [2.75, 3.05) is 63.4 Å². The van der Waals surface area contributed by atoms with E-state index >= 15 is 0 Å². The van der Waals surface area contributed by atoms with E-state index in [1.165, 1.54) is 74.0 Å². The van der Waals surface area contributed by atoms with Crippen LogP contribution in [0.25, 0.3) is 0 Å². The fourth-order valence-electron chi connectivity index (χ4n) is 7.93. The van der Waals surface area contributed by atoms with Crippen LogP contribution >= 0.6 is 0 Å². The molecule has 0 unspecified atom stereocenters. The molecule has 15 heteroatoms. The second-order valence-electron chi connectivity index (χ2n) is 16.1. The van der Waals surface area contributed by atoms with E-state index in [1.54, 1.807) is 0 Å². The number of nitrogens with two attached hydrogens (primary N) is 1. The number of carbonyl (C=O) groups excluding carboxylic acids is 3. The minimum absolute atomic E-state index is 0.0719. The molecule has 2 saturated heterocycles. The van der Waals surface area contributed by atoms with Gasteiger partial charge in [0.15, 0.2) is 0 Å². The molecule has 12 nitrogen and oxygen atoms in total. The monoisotopic (exact) mass is 816 g/mol. The van der Waals surface area contributed by atoms with Crippen molar-refractivity contribution in [1.82, 2.24) is 19.6 Å². The number of urea groups is 1. The van der Waals surface area contributed by atoms with Gasteiger partial charge in [0.1, 0.15) is 5.75 Å². The van der Waals surface area contributed by atoms with Gasteiger partial charge in [-0.15, -0.1) is 13.2 Å². The van der Waals surface area contributed by atoms with Gasteiger partial charge in [-0.05, 0) is 91.8 Å². The van der Waals surface area contributed by atoms with Crippen molar-refractivity contribution in [2.24, 2.45) is 11.8 Å². The van der Waals surface area contributed by atoms with Crippen LogP contribution in [0.15, 0.2) is 48.5 Å². The summed E-state index contributed by atoms with van der Waals surface area (Å²) in [5, 5.41) is 11.9. The van der Waals surface area contributed by atoms with Gasteiger partial charge in [-0.3, -0.25) is 9.59 Å². The molecule has 58 heavy (non-hydrogen) atoms. The maximum absolute atomic E-state index is 12.6. The number of anilines is 2. The SMILES string of the molecule is CC(C)c1ccc(NC(=O)N2CCCN(C(=O)CC3CCCC3)CC2)cc1.Nc1ccc(OC(F)(F)F)cc1.O=C(O)N1CCCN(C(=O)CCC2CCCC2)CC1. The third kappa shape index (κ3) is 16.3. The number of rotatable bonds is 8. The minimum atomic E-state index is -4.64. The Hall–Kier alpha value is -4.69. The highest BCUT2D eigenvalue weighted by molar-refractivity contribution is 5.89. The molecule has 2 aromatic carbocycles. The predicted molar refractivity (Wildman–Crippen MR) is 218 cm³/mol. The first-order valence-corrected chi connectivity index (χ1v) is 21.0. The lowest BCUT2D eigenvalue weighted by Crippen LogP contribution is -2.39. The fraction of sp³-hybridized carbons (Fsp3) is 0.628. The van der Waals surface area contributed by atoms with Crippen LogP contribution in [0, 0.1) is 11.8 Å². The molecular formula is C43H63F3N6O6. The molecule has 0 spiro atoms. The van der Waals surface area contributed by atoms with Crippen molar-refractivity contribution < 1.29 is 42.2 Å². The van der Waals surface area contributed by atoms with Crippen LogP contribution in [-0.4, -0.2) is 107 Å². The number of halogens is 3. The van der Waals surface area contributed by atoms with Gasteiger partial charge >= 0.3 is 18.5 Å². The number of carbonyl (C=O) groups is 4. The largest absolute Gasteiger partial charge is 0.573 e. The highest BCUT2D eigenvalue weighted by Crippen LogP contribution is 2.30. The summed E-state index contributed by atoms with van der Waals surface area (Å²) in [5.41, 5.74) is 7.73. The lowest BCUT2D eigenvalue weighted by atomic mass is 10.0. The van der Waals surface area contributed by atoms with Gasteiger partial charge < -0.3 is 40.5 Å². The number of nitrogens with one attached hydrogen (secondary N) is 1. The van der Waals surface area contributed by atoms with Gasteiger partial charge in [0.05, 0.1) is 0 Å². The Balaban J connectivity index is 0.000000209. The second kappa shape index (κ2) is 23.0. The third-order valence-electron chi connectivity index (χ3n) is 11.4. The number of nitrogens with zero attached hydrogens (tertiary/aromatic N) is 4. The summed E-state index contributed by atoms with van der Waals surface area (Å²) in [6.07, 6.45) is 8.53. The first kappa shape index (κ1) is 46.0. The molecule has 0 radical (unpaired) electrons. The van der Waals surface area contributed by atoms with Gasteiger partial charge in [-0.1, -0.05) is 64.5 Å². The normalized spacial score (nSPS) is 18.0. The van der Waals surface area contributed by atoms with Crippen molar-refractivity contribution in [3.05, 3.63) is 54.1 Å². The Morgan fingerprint density at radius 3 is 1.76 bits per heavy atom. The molecule has 0 atom stereocenters. The Labute approximate surface area is 341 Å². The van der Waals surface area contributed by atoms with Crippen LogP contribution in [0.4, 0.5) is 34.1 Å². The first-order chi connectivity index (χ1) is 27.7. The van der Waals surface area contributed by atoms with Crippen molar-refractivity contribution in [1.29, 1.82) is 0 Å². The van der Waals surface area contributed by atoms with Crippen LogP contribution < -0.4 is 15.8 Å². The molecule has 4 aliphatic rings.